The number of benzene rings is 3. The lowest BCUT2D eigenvalue weighted by molar-refractivity contribution is 0.0758. The Morgan fingerprint density at radius 1 is 0.789 bits per heavy atom. The van der Waals surface area contributed by atoms with Crippen LogP contribution in [0.1, 0.15) is 41.6 Å². The van der Waals surface area contributed by atoms with E-state index in [0.717, 1.165) is 31.2 Å². The monoisotopic (exact) mass is 573 g/mol. The number of sulfonamides is 2. The van der Waals surface area contributed by atoms with E-state index < -0.39 is 20.0 Å². The second kappa shape index (κ2) is 11.8. The van der Waals surface area contributed by atoms with Crippen LogP contribution in [0.2, 0.25) is 0 Å². The SMILES string of the molecule is CSc1ccc(S(=O)(=O)Nc2ccc(S(=O)(=O)Nc3ccccc3C)cc2)cc1C(=O)N1CCCCCC1. The number of carbonyl (C=O) groups excluding carboxylic acids is 1. The van der Waals surface area contributed by atoms with Gasteiger partial charge in [0.15, 0.2) is 0 Å². The Morgan fingerprint density at radius 3 is 2.03 bits per heavy atom. The summed E-state index contributed by atoms with van der Waals surface area (Å²) in [5.74, 6) is -0.163. The van der Waals surface area contributed by atoms with Crippen molar-refractivity contribution in [2.45, 2.75) is 47.3 Å². The number of carbonyl (C=O) groups is 1. The van der Waals surface area contributed by atoms with Crippen LogP contribution < -0.4 is 9.44 Å². The van der Waals surface area contributed by atoms with Crippen LogP contribution in [0.3, 0.4) is 0 Å². The Hall–Kier alpha value is -3.02. The van der Waals surface area contributed by atoms with Gasteiger partial charge >= 0.3 is 0 Å². The number of hydrogen-bond donors (Lipinski definition) is 2. The third-order valence-corrected chi connectivity index (χ3v) is 9.97. The number of thioether (sulfide) groups is 1. The third kappa shape index (κ3) is 6.51. The largest absolute Gasteiger partial charge is 0.339 e. The minimum atomic E-state index is -4.03. The molecule has 0 radical (unpaired) electrons. The van der Waals surface area contributed by atoms with Crippen molar-refractivity contribution in [3.8, 4) is 0 Å². The number of anilines is 2. The fraction of sp³-hybridized carbons (Fsp3) is 0.296. The summed E-state index contributed by atoms with van der Waals surface area (Å²) in [5, 5.41) is 0. The molecule has 202 valence electrons. The highest BCUT2D eigenvalue weighted by atomic mass is 32.2. The minimum absolute atomic E-state index is 0.00152. The fourth-order valence-corrected chi connectivity index (χ4v) is 7.06. The van der Waals surface area contributed by atoms with Crippen LogP contribution in [0.5, 0.6) is 0 Å². The molecular formula is C27H31N3O5S3. The molecule has 0 saturated carbocycles. The smallest absolute Gasteiger partial charge is 0.261 e. The Kier molecular flexibility index (Phi) is 8.69. The zero-order chi connectivity index (χ0) is 27.3. The number of likely N-dealkylation sites (tertiary alicyclic amines) is 1. The summed E-state index contributed by atoms with van der Waals surface area (Å²) < 4.78 is 57.0. The van der Waals surface area contributed by atoms with E-state index in [4.69, 9.17) is 0 Å². The molecule has 0 atom stereocenters. The van der Waals surface area contributed by atoms with Gasteiger partial charge in [0.05, 0.1) is 21.0 Å². The molecule has 11 heteroatoms. The first-order valence-electron chi connectivity index (χ1n) is 12.3. The summed E-state index contributed by atoms with van der Waals surface area (Å²) in [4.78, 5) is 15.8. The molecule has 1 heterocycles. The summed E-state index contributed by atoms with van der Waals surface area (Å²) >= 11 is 1.40. The Labute approximate surface area is 228 Å². The number of hydrogen-bond acceptors (Lipinski definition) is 6. The van der Waals surface area contributed by atoms with Crippen molar-refractivity contribution < 1.29 is 21.6 Å². The van der Waals surface area contributed by atoms with Crippen molar-refractivity contribution >= 4 is 49.1 Å². The van der Waals surface area contributed by atoms with Gasteiger partial charge in [0, 0.05) is 23.7 Å². The van der Waals surface area contributed by atoms with Crippen LogP contribution in [0.4, 0.5) is 11.4 Å². The van der Waals surface area contributed by atoms with Crippen molar-refractivity contribution in [3.63, 3.8) is 0 Å². The van der Waals surface area contributed by atoms with Crippen LogP contribution in [-0.4, -0.2) is 47.0 Å². The van der Waals surface area contributed by atoms with E-state index >= 15 is 0 Å². The van der Waals surface area contributed by atoms with Gasteiger partial charge in [-0.25, -0.2) is 16.8 Å². The average Bonchev–Trinajstić information content (AvgIpc) is 3.19. The summed E-state index contributed by atoms with van der Waals surface area (Å²) in [6.45, 7) is 3.13. The van der Waals surface area contributed by atoms with Crippen LogP contribution in [0.15, 0.2) is 81.4 Å². The quantitative estimate of drug-likeness (QED) is 0.352. The number of amides is 1. The first-order chi connectivity index (χ1) is 18.1. The van der Waals surface area contributed by atoms with Gasteiger partial charge in [-0.2, -0.15) is 0 Å². The molecule has 1 aliphatic rings. The summed E-state index contributed by atoms with van der Waals surface area (Å²) in [7, 11) is -7.89. The Morgan fingerprint density at radius 2 is 1.39 bits per heavy atom. The van der Waals surface area contributed by atoms with Crippen LogP contribution >= 0.6 is 11.8 Å². The summed E-state index contributed by atoms with van der Waals surface area (Å²) in [6, 6.07) is 17.0. The molecule has 0 unspecified atom stereocenters. The van der Waals surface area contributed by atoms with Gasteiger partial charge in [0.2, 0.25) is 0 Å². The summed E-state index contributed by atoms with van der Waals surface area (Å²) in [6.07, 6.45) is 5.89. The molecule has 1 saturated heterocycles. The number of rotatable bonds is 8. The highest BCUT2D eigenvalue weighted by Gasteiger charge is 2.24. The van der Waals surface area contributed by atoms with E-state index in [-0.39, 0.29) is 21.4 Å². The second-order valence-corrected chi connectivity index (χ2v) is 13.3. The first kappa shape index (κ1) is 28.0. The lowest BCUT2D eigenvalue weighted by Gasteiger charge is -2.22. The molecule has 2 N–H and O–H groups in total. The molecule has 3 aromatic carbocycles. The van der Waals surface area contributed by atoms with E-state index in [2.05, 4.69) is 9.44 Å². The number of para-hydroxylation sites is 1. The molecule has 38 heavy (non-hydrogen) atoms. The molecule has 0 bridgehead atoms. The van der Waals surface area contributed by atoms with Crippen molar-refractivity contribution in [2.24, 2.45) is 0 Å². The topological polar surface area (TPSA) is 113 Å². The first-order valence-corrected chi connectivity index (χ1v) is 16.5. The lowest BCUT2D eigenvalue weighted by Crippen LogP contribution is -2.32. The van der Waals surface area contributed by atoms with Gasteiger partial charge in [-0.1, -0.05) is 31.0 Å². The highest BCUT2D eigenvalue weighted by molar-refractivity contribution is 7.98. The minimum Gasteiger partial charge on any atom is -0.339 e. The third-order valence-electron chi connectivity index (χ3n) is 6.41. The molecule has 8 nitrogen and oxygen atoms in total. The number of nitrogens with one attached hydrogen (secondary N) is 2. The number of nitrogens with zero attached hydrogens (tertiary/aromatic N) is 1. The van der Waals surface area contributed by atoms with E-state index in [9.17, 15) is 21.6 Å². The van der Waals surface area contributed by atoms with E-state index in [0.29, 0.717) is 29.2 Å². The van der Waals surface area contributed by atoms with Gasteiger partial charge in [-0.15, -0.1) is 11.8 Å². The van der Waals surface area contributed by atoms with Crippen molar-refractivity contribution in [3.05, 3.63) is 77.9 Å². The highest BCUT2D eigenvalue weighted by Crippen LogP contribution is 2.28. The van der Waals surface area contributed by atoms with E-state index in [1.54, 1.807) is 36.1 Å². The molecule has 3 aromatic rings. The van der Waals surface area contributed by atoms with Gasteiger partial charge in [0.1, 0.15) is 0 Å². The Bertz CT molecular complexity index is 1510. The molecule has 1 amide bonds. The molecule has 0 aromatic heterocycles. The van der Waals surface area contributed by atoms with Crippen LogP contribution in [-0.2, 0) is 20.0 Å². The van der Waals surface area contributed by atoms with Gasteiger partial charge < -0.3 is 4.90 Å². The van der Waals surface area contributed by atoms with Crippen LogP contribution in [0.25, 0.3) is 0 Å². The molecular weight excluding hydrogens is 543 g/mol. The molecule has 1 aliphatic heterocycles. The number of aryl methyl sites for hydroxylation is 1. The second-order valence-electron chi connectivity index (χ2n) is 9.12. The predicted molar refractivity (Wildman–Crippen MR) is 152 cm³/mol. The fourth-order valence-electron chi connectivity index (χ4n) is 4.27. The zero-order valence-corrected chi connectivity index (χ0v) is 23.8. The standard InChI is InChI=1S/C27H31N3O5S3/c1-20-9-5-6-10-25(20)29-37(32,33)22-13-11-21(12-14-22)28-38(34,35)23-15-16-26(36-2)24(19-23)27(31)30-17-7-3-4-8-18-30/h5-6,9-16,19,28-29H,3-4,7-8,17-18H2,1-2H3. The predicted octanol–water partition coefficient (Wildman–Crippen LogP) is 5.33. The zero-order valence-electron chi connectivity index (χ0n) is 21.3. The van der Waals surface area contributed by atoms with Gasteiger partial charge in [-0.05, 0) is 80.1 Å². The molecule has 0 spiro atoms. The van der Waals surface area contributed by atoms with Gasteiger partial charge in [0.25, 0.3) is 26.0 Å². The summed E-state index contributed by atoms with van der Waals surface area (Å²) in [5.41, 5.74) is 1.82. The molecule has 1 fully saturated rings. The maximum absolute atomic E-state index is 13.3. The maximum Gasteiger partial charge on any atom is 0.261 e. The Balaban J connectivity index is 1.54. The van der Waals surface area contributed by atoms with Crippen LogP contribution in [0, 0.1) is 6.92 Å². The van der Waals surface area contributed by atoms with Gasteiger partial charge in [-0.3, -0.25) is 14.2 Å². The molecule has 0 aliphatic carbocycles. The van der Waals surface area contributed by atoms with Crippen molar-refractivity contribution in [1.82, 2.24) is 4.90 Å². The van der Waals surface area contributed by atoms with Crippen molar-refractivity contribution in [2.75, 3.05) is 28.8 Å². The average molecular weight is 574 g/mol. The van der Waals surface area contributed by atoms with E-state index in [1.807, 2.05) is 12.3 Å². The maximum atomic E-state index is 13.3. The lowest BCUT2D eigenvalue weighted by atomic mass is 10.2. The molecule has 4 rings (SSSR count). The van der Waals surface area contributed by atoms with Crippen molar-refractivity contribution in [1.29, 1.82) is 0 Å². The normalized spacial score (nSPS) is 14.5. The van der Waals surface area contributed by atoms with E-state index in [1.165, 1.54) is 48.2 Å².